The van der Waals surface area contributed by atoms with Crippen LogP contribution in [0, 0.1) is 0 Å². The monoisotopic (exact) mass is 403 g/mol. The molecule has 1 fully saturated rings. The Morgan fingerprint density at radius 2 is 1.80 bits per heavy atom. The predicted octanol–water partition coefficient (Wildman–Crippen LogP) is 3.62. The molecule has 0 unspecified atom stereocenters. The number of benzene rings is 2. The lowest BCUT2D eigenvalue weighted by atomic mass is 9.98. The van der Waals surface area contributed by atoms with Gasteiger partial charge in [0.05, 0.1) is 11.0 Å². The maximum Gasteiger partial charge on any atom is 0.114 e. The molecular weight excluding hydrogens is 370 g/mol. The smallest absolute Gasteiger partial charge is 0.114 e. The van der Waals surface area contributed by atoms with Gasteiger partial charge in [-0.25, -0.2) is 4.98 Å². The molecule has 3 aromatic rings. The van der Waals surface area contributed by atoms with Gasteiger partial charge in [0.25, 0.3) is 0 Å². The zero-order chi connectivity index (χ0) is 20.5. The van der Waals surface area contributed by atoms with E-state index >= 15 is 0 Å². The number of nitrogens with zero attached hydrogens (tertiary/aromatic N) is 4. The Hall–Kier alpha value is -2.37. The Bertz CT molecular complexity index is 1000. The molecule has 3 heterocycles. The molecule has 0 radical (unpaired) electrons. The zero-order valence-corrected chi connectivity index (χ0v) is 18.3. The van der Waals surface area contributed by atoms with Crippen LogP contribution >= 0.6 is 0 Å². The number of piperazine rings is 1. The average molecular weight is 404 g/mol. The van der Waals surface area contributed by atoms with Crippen molar-refractivity contribution in [3.63, 3.8) is 0 Å². The minimum absolute atomic E-state index is 0.540. The van der Waals surface area contributed by atoms with E-state index in [9.17, 15) is 0 Å². The molecule has 5 nitrogen and oxygen atoms in total. The molecule has 0 bridgehead atoms. The van der Waals surface area contributed by atoms with E-state index in [1.165, 1.54) is 53.2 Å². The molecule has 2 aliphatic rings. The van der Waals surface area contributed by atoms with Gasteiger partial charge in [0, 0.05) is 63.0 Å². The Morgan fingerprint density at radius 3 is 2.60 bits per heavy atom. The number of nitrogens with one attached hydrogen (secondary N) is 1. The van der Waals surface area contributed by atoms with Gasteiger partial charge in [-0.15, -0.1) is 0 Å². The van der Waals surface area contributed by atoms with Crippen LogP contribution in [-0.2, 0) is 19.4 Å². The Morgan fingerprint density at radius 1 is 1.00 bits per heavy atom. The van der Waals surface area contributed by atoms with E-state index in [0.29, 0.717) is 6.04 Å². The van der Waals surface area contributed by atoms with Crippen LogP contribution in [0.1, 0.15) is 30.3 Å². The lowest BCUT2D eigenvalue weighted by Crippen LogP contribution is -2.45. The van der Waals surface area contributed by atoms with Crippen LogP contribution in [0.15, 0.2) is 42.5 Å². The first-order valence-corrected chi connectivity index (χ1v) is 11.4. The van der Waals surface area contributed by atoms with Crippen molar-refractivity contribution in [2.75, 3.05) is 45.1 Å². The summed E-state index contributed by atoms with van der Waals surface area (Å²) in [4.78, 5) is 10.2. The minimum atomic E-state index is 0.540. The fraction of sp³-hybridized carbons (Fsp3) is 0.480. The molecule has 1 atom stereocenters. The molecule has 1 N–H and O–H groups in total. The maximum atomic E-state index is 5.22. The molecule has 0 saturated carbocycles. The molecule has 0 amide bonds. The summed E-state index contributed by atoms with van der Waals surface area (Å²) in [5, 5.41) is 3.66. The molecule has 1 aromatic heterocycles. The number of hydrogen-bond donors (Lipinski definition) is 1. The topological polar surface area (TPSA) is 36.3 Å². The van der Waals surface area contributed by atoms with Crippen molar-refractivity contribution in [3.05, 3.63) is 59.4 Å². The number of rotatable bonds is 5. The van der Waals surface area contributed by atoms with Crippen molar-refractivity contribution in [2.45, 2.75) is 38.8 Å². The van der Waals surface area contributed by atoms with Gasteiger partial charge in [-0.05, 0) is 44.5 Å². The number of imidazole rings is 1. The molecule has 5 heteroatoms. The largest absolute Gasteiger partial charge is 0.382 e. The summed E-state index contributed by atoms with van der Waals surface area (Å²) in [5.41, 5.74) is 6.50. The highest BCUT2D eigenvalue weighted by Crippen LogP contribution is 2.32. The second-order valence-corrected chi connectivity index (χ2v) is 9.03. The molecule has 5 rings (SSSR count). The fourth-order valence-corrected chi connectivity index (χ4v) is 4.86. The fourth-order valence-electron chi connectivity index (χ4n) is 4.86. The number of fused-ring (bicyclic) bond motifs is 3. The first kappa shape index (κ1) is 19.6. The predicted molar refractivity (Wildman–Crippen MR) is 124 cm³/mol. The van der Waals surface area contributed by atoms with E-state index in [-0.39, 0.29) is 0 Å². The quantitative estimate of drug-likeness (QED) is 0.706. The van der Waals surface area contributed by atoms with Gasteiger partial charge in [0.1, 0.15) is 5.82 Å². The summed E-state index contributed by atoms with van der Waals surface area (Å²) in [5.74, 6) is 1.19. The zero-order valence-electron chi connectivity index (χ0n) is 18.3. The molecule has 0 spiro atoms. The number of aromatic nitrogens is 2. The van der Waals surface area contributed by atoms with Crippen molar-refractivity contribution in [2.24, 2.45) is 0 Å². The van der Waals surface area contributed by atoms with Gasteiger partial charge in [0.2, 0.25) is 0 Å². The van der Waals surface area contributed by atoms with Crippen LogP contribution in [0.3, 0.4) is 0 Å². The van der Waals surface area contributed by atoms with Gasteiger partial charge in [-0.2, -0.15) is 0 Å². The molecule has 0 aliphatic carbocycles. The first-order chi connectivity index (χ1) is 14.7. The molecule has 2 aromatic carbocycles. The van der Waals surface area contributed by atoms with Crippen molar-refractivity contribution in [1.82, 2.24) is 19.4 Å². The van der Waals surface area contributed by atoms with Gasteiger partial charge in [-0.1, -0.05) is 30.3 Å². The van der Waals surface area contributed by atoms with E-state index in [1.54, 1.807) is 0 Å². The minimum Gasteiger partial charge on any atom is -0.382 e. The molecule has 2 aliphatic heterocycles. The van der Waals surface area contributed by atoms with E-state index in [0.717, 1.165) is 39.0 Å². The number of aryl methyl sites for hydroxylation is 1. The molecule has 1 saturated heterocycles. The highest BCUT2D eigenvalue weighted by Gasteiger charge is 2.22. The van der Waals surface area contributed by atoms with Gasteiger partial charge >= 0.3 is 0 Å². The van der Waals surface area contributed by atoms with Crippen LogP contribution in [0.2, 0.25) is 0 Å². The molecule has 158 valence electrons. The van der Waals surface area contributed by atoms with Crippen molar-refractivity contribution in [3.8, 4) is 0 Å². The van der Waals surface area contributed by atoms with Crippen LogP contribution in [-0.4, -0.2) is 65.2 Å². The third-order valence-electron chi connectivity index (χ3n) is 6.77. The summed E-state index contributed by atoms with van der Waals surface area (Å²) >= 11 is 0. The van der Waals surface area contributed by atoms with Gasteiger partial charge in [0.15, 0.2) is 0 Å². The lowest BCUT2D eigenvalue weighted by Gasteiger charge is -2.32. The van der Waals surface area contributed by atoms with E-state index in [1.807, 2.05) is 0 Å². The second kappa shape index (κ2) is 8.40. The Labute approximate surface area is 179 Å². The summed E-state index contributed by atoms with van der Waals surface area (Å²) in [6.07, 6.45) is 3.17. The van der Waals surface area contributed by atoms with Gasteiger partial charge in [-0.3, -0.25) is 4.90 Å². The van der Waals surface area contributed by atoms with Crippen LogP contribution in [0.25, 0.3) is 11.0 Å². The SMILES string of the molecule is C[C@H]1CCc2c(ccc3c2nc(Cc2ccccc2)n3CCN2CCN(C)CC2)N1. The van der Waals surface area contributed by atoms with Crippen LogP contribution < -0.4 is 5.32 Å². The Kier molecular flexibility index (Phi) is 5.48. The van der Waals surface area contributed by atoms with Crippen molar-refractivity contribution >= 4 is 16.7 Å². The summed E-state index contributed by atoms with van der Waals surface area (Å²) in [7, 11) is 2.22. The molecular formula is C25H33N5. The second-order valence-electron chi connectivity index (χ2n) is 9.03. The number of likely N-dealkylation sites (N-methyl/N-ethyl adjacent to an activating group) is 1. The number of hydrogen-bond acceptors (Lipinski definition) is 4. The standard InChI is InChI=1S/C25H33N5/c1-19-8-9-21-22(26-19)10-11-23-25(21)27-24(18-20-6-4-3-5-7-20)30(23)17-16-29-14-12-28(2)13-15-29/h3-7,10-11,19,26H,8-9,12-18H2,1-2H3/t19-/m0/s1. The highest BCUT2D eigenvalue weighted by atomic mass is 15.3. The third kappa shape index (κ3) is 3.96. The number of anilines is 1. The van der Waals surface area contributed by atoms with E-state index < -0.39 is 0 Å². The third-order valence-corrected chi connectivity index (χ3v) is 6.77. The van der Waals surface area contributed by atoms with Crippen molar-refractivity contribution in [1.29, 1.82) is 0 Å². The van der Waals surface area contributed by atoms with Crippen LogP contribution in [0.5, 0.6) is 0 Å². The van der Waals surface area contributed by atoms with Crippen molar-refractivity contribution < 1.29 is 0 Å². The summed E-state index contributed by atoms with van der Waals surface area (Å²) in [6.45, 7) is 9.02. The van der Waals surface area contributed by atoms with E-state index in [4.69, 9.17) is 4.98 Å². The first-order valence-electron chi connectivity index (χ1n) is 11.4. The summed E-state index contributed by atoms with van der Waals surface area (Å²) < 4.78 is 2.49. The van der Waals surface area contributed by atoms with Crippen LogP contribution in [0.4, 0.5) is 5.69 Å². The summed E-state index contributed by atoms with van der Waals surface area (Å²) in [6, 6.07) is 15.9. The molecule has 30 heavy (non-hydrogen) atoms. The maximum absolute atomic E-state index is 5.22. The lowest BCUT2D eigenvalue weighted by molar-refractivity contribution is 0.150. The van der Waals surface area contributed by atoms with Gasteiger partial charge < -0.3 is 14.8 Å². The average Bonchev–Trinajstić information content (AvgIpc) is 3.11. The highest BCUT2D eigenvalue weighted by molar-refractivity contribution is 5.86. The van der Waals surface area contributed by atoms with E-state index in [2.05, 4.69) is 76.1 Å². The Balaban J connectivity index is 1.48. The normalized spacial score (nSPS) is 20.3.